The monoisotopic (exact) mass is 551 g/mol. The largest absolute Gasteiger partial charge is 0.394 e. The molecule has 0 bridgehead atoms. The van der Waals surface area contributed by atoms with Crippen molar-refractivity contribution >= 4 is 0 Å². The van der Waals surface area contributed by atoms with E-state index in [2.05, 4.69) is 24.0 Å². The van der Waals surface area contributed by atoms with Crippen LogP contribution >= 0.6 is 0 Å². The number of nitrogens with one attached hydrogen (secondary N) is 1. The van der Waals surface area contributed by atoms with E-state index in [1.807, 2.05) is 115 Å². The zero-order chi connectivity index (χ0) is 28.5. The van der Waals surface area contributed by atoms with Crippen LogP contribution in [0, 0.1) is 0 Å². The Morgan fingerprint density at radius 1 is 0.585 bits per heavy atom. The standard InChI is InChI=1S/C36H41NO4/c1-2-15-33(37-24-29-16-7-3-8-17-29)35(40-27-31-20-11-5-12-21-31)36(41-28-32-22-13-6-14-23-32)34(25-38)39-26-30-18-9-4-10-19-30/h2-14,16-23,33-38H,1,15,24-28H2/t33?,34-,35+,36+/m1/s1. The van der Waals surface area contributed by atoms with Crippen molar-refractivity contribution in [3.63, 3.8) is 0 Å². The van der Waals surface area contributed by atoms with Gasteiger partial charge >= 0.3 is 0 Å². The smallest absolute Gasteiger partial charge is 0.114 e. The van der Waals surface area contributed by atoms with Gasteiger partial charge in [-0.2, -0.15) is 0 Å². The van der Waals surface area contributed by atoms with E-state index >= 15 is 0 Å². The summed E-state index contributed by atoms with van der Waals surface area (Å²) in [6.45, 7) is 5.59. The lowest BCUT2D eigenvalue weighted by Crippen LogP contribution is -2.54. The lowest BCUT2D eigenvalue weighted by atomic mass is 9.97. The van der Waals surface area contributed by atoms with E-state index in [1.54, 1.807) is 0 Å². The zero-order valence-electron chi connectivity index (χ0n) is 23.6. The molecule has 0 aliphatic carbocycles. The molecular weight excluding hydrogens is 510 g/mol. The van der Waals surface area contributed by atoms with Crippen molar-refractivity contribution < 1.29 is 19.3 Å². The van der Waals surface area contributed by atoms with Crippen LogP contribution in [0.4, 0.5) is 0 Å². The Morgan fingerprint density at radius 2 is 1.00 bits per heavy atom. The molecule has 0 aromatic heterocycles. The summed E-state index contributed by atoms with van der Waals surface area (Å²) in [5, 5.41) is 14.3. The van der Waals surface area contributed by atoms with Crippen molar-refractivity contribution in [1.29, 1.82) is 0 Å². The van der Waals surface area contributed by atoms with Gasteiger partial charge in [0.25, 0.3) is 0 Å². The summed E-state index contributed by atoms with van der Waals surface area (Å²) in [5.74, 6) is 0. The molecule has 0 saturated carbocycles. The summed E-state index contributed by atoms with van der Waals surface area (Å²) in [4.78, 5) is 0. The quantitative estimate of drug-likeness (QED) is 0.139. The SMILES string of the molecule is C=CCC(NCc1ccccc1)[C@H](OCc1ccccc1)[C@@H](OCc1ccccc1)[C@@H](CO)OCc1ccccc1. The molecule has 214 valence electrons. The molecule has 0 radical (unpaired) electrons. The molecule has 5 nitrogen and oxygen atoms in total. The minimum absolute atomic E-state index is 0.147. The Balaban J connectivity index is 1.62. The first kappa shape index (κ1) is 30.4. The summed E-state index contributed by atoms with van der Waals surface area (Å²) < 4.78 is 19.6. The predicted molar refractivity (Wildman–Crippen MR) is 164 cm³/mol. The van der Waals surface area contributed by atoms with E-state index in [1.165, 1.54) is 5.56 Å². The highest BCUT2D eigenvalue weighted by Gasteiger charge is 2.37. The van der Waals surface area contributed by atoms with E-state index < -0.39 is 18.3 Å². The second-order valence-corrected chi connectivity index (χ2v) is 10.0. The summed E-state index contributed by atoms with van der Waals surface area (Å²) in [6, 6.07) is 40.2. The predicted octanol–water partition coefficient (Wildman–Crippen LogP) is 6.47. The van der Waals surface area contributed by atoms with Crippen LogP contribution in [0.25, 0.3) is 0 Å². The summed E-state index contributed by atoms with van der Waals surface area (Å²) in [7, 11) is 0. The minimum atomic E-state index is -0.620. The zero-order valence-corrected chi connectivity index (χ0v) is 23.6. The molecule has 0 aliphatic heterocycles. The van der Waals surface area contributed by atoms with Crippen LogP contribution in [0.1, 0.15) is 28.7 Å². The van der Waals surface area contributed by atoms with Gasteiger partial charge in [0, 0.05) is 12.6 Å². The number of hydrogen-bond acceptors (Lipinski definition) is 5. The van der Waals surface area contributed by atoms with Crippen molar-refractivity contribution in [3.8, 4) is 0 Å². The van der Waals surface area contributed by atoms with Crippen molar-refractivity contribution in [2.24, 2.45) is 0 Å². The summed E-state index contributed by atoms with van der Waals surface area (Å²) in [5.41, 5.74) is 4.30. The summed E-state index contributed by atoms with van der Waals surface area (Å²) in [6.07, 6.45) is 0.906. The number of aliphatic hydroxyl groups is 1. The van der Waals surface area contributed by atoms with Crippen LogP contribution in [0.2, 0.25) is 0 Å². The molecule has 2 N–H and O–H groups in total. The molecule has 0 aliphatic rings. The molecule has 4 atom stereocenters. The molecule has 41 heavy (non-hydrogen) atoms. The Labute approximate surface area is 244 Å². The Hall–Kier alpha value is -3.58. The molecule has 0 amide bonds. The lowest BCUT2D eigenvalue weighted by molar-refractivity contribution is -0.169. The normalized spacial score (nSPS) is 14.2. The van der Waals surface area contributed by atoms with Crippen LogP contribution in [0.5, 0.6) is 0 Å². The van der Waals surface area contributed by atoms with Gasteiger partial charge in [-0.1, -0.05) is 127 Å². The molecule has 0 fully saturated rings. The average molecular weight is 552 g/mol. The lowest BCUT2D eigenvalue weighted by Gasteiger charge is -2.37. The van der Waals surface area contributed by atoms with Crippen molar-refractivity contribution in [1.82, 2.24) is 5.32 Å². The number of ether oxygens (including phenoxy) is 3. The van der Waals surface area contributed by atoms with E-state index in [4.69, 9.17) is 14.2 Å². The van der Waals surface area contributed by atoms with E-state index in [0.29, 0.717) is 32.8 Å². The van der Waals surface area contributed by atoms with Crippen molar-refractivity contribution in [2.75, 3.05) is 6.61 Å². The Bertz CT molecular complexity index is 1240. The van der Waals surface area contributed by atoms with Gasteiger partial charge in [-0.15, -0.1) is 6.58 Å². The molecule has 1 unspecified atom stereocenters. The molecule has 0 heterocycles. The van der Waals surface area contributed by atoms with Gasteiger partial charge in [0.2, 0.25) is 0 Å². The molecule has 4 rings (SSSR count). The van der Waals surface area contributed by atoms with Crippen molar-refractivity contribution in [3.05, 3.63) is 156 Å². The topological polar surface area (TPSA) is 60.0 Å². The van der Waals surface area contributed by atoms with E-state index in [0.717, 1.165) is 16.7 Å². The van der Waals surface area contributed by atoms with Crippen LogP contribution < -0.4 is 5.32 Å². The van der Waals surface area contributed by atoms with Gasteiger partial charge in [-0.3, -0.25) is 0 Å². The third-order valence-corrected chi connectivity index (χ3v) is 6.98. The maximum Gasteiger partial charge on any atom is 0.114 e. The van der Waals surface area contributed by atoms with Gasteiger partial charge < -0.3 is 24.6 Å². The first-order valence-corrected chi connectivity index (χ1v) is 14.2. The van der Waals surface area contributed by atoms with Crippen LogP contribution in [0.15, 0.2) is 134 Å². The average Bonchev–Trinajstić information content (AvgIpc) is 3.04. The maximum atomic E-state index is 10.6. The fourth-order valence-corrected chi connectivity index (χ4v) is 4.77. The Kier molecular flexibility index (Phi) is 12.8. The highest BCUT2D eigenvalue weighted by molar-refractivity contribution is 5.17. The molecule has 0 saturated heterocycles. The van der Waals surface area contributed by atoms with Gasteiger partial charge in [0.05, 0.1) is 26.4 Å². The molecule has 4 aromatic rings. The second-order valence-electron chi connectivity index (χ2n) is 10.0. The minimum Gasteiger partial charge on any atom is -0.394 e. The fraction of sp³-hybridized carbons (Fsp3) is 0.278. The summed E-state index contributed by atoms with van der Waals surface area (Å²) >= 11 is 0. The first-order chi connectivity index (χ1) is 20.3. The number of hydrogen-bond donors (Lipinski definition) is 2. The number of rotatable bonds is 18. The van der Waals surface area contributed by atoms with Gasteiger partial charge in [0.15, 0.2) is 0 Å². The van der Waals surface area contributed by atoms with Crippen molar-refractivity contribution in [2.45, 2.75) is 57.1 Å². The van der Waals surface area contributed by atoms with Crippen LogP contribution in [0.3, 0.4) is 0 Å². The molecule has 5 heteroatoms. The third-order valence-electron chi connectivity index (χ3n) is 6.98. The van der Waals surface area contributed by atoms with E-state index in [9.17, 15) is 5.11 Å². The highest BCUT2D eigenvalue weighted by atomic mass is 16.6. The van der Waals surface area contributed by atoms with Crippen LogP contribution in [-0.2, 0) is 40.6 Å². The van der Waals surface area contributed by atoms with Crippen LogP contribution in [-0.4, -0.2) is 36.1 Å². The molecule has 4 aromatic carbocycles. The van der Waals surface area contributed by atoms with E-state index in [-0.39, 0.29) is 12.6 Å². The molecular formula is C36H41NO4. The van der Waals surface area contributed by atoms with Gasteiger partial charge in [0.1, 0.15) is 18.3 Å². The highest BCUT2D eigenvalue weighted by Crippen LogP contribution is 2.23. The fourth-order valence-electron chi connectivity index (χ4n) is 4.77. The Morgan fingerprint density at radius 3 is 1.44 bits per heavy atom. The van der Waals surface area contributed by atoms with Gasteiger partial charge in [-0.05, 0) is 28.7 Å². The second kappa shape index (κ2) is 17.3. The maximum absolute atomic E-state index is 10.6. The third kappa shape index (κ3) is 10.1. The first-order valence-electron chi connectivity index (χ1n) is 14.2. The molecule has 0 spiro atoms. The number of benzene rings is 4. The number of aliphatic hydroxyl groups excluding tert-OH is 1. The van der Waals surface area contributed by atoms with Gasteiger partial charge in [-0.25, -0.2) is 0 Å².